The second-order valence-corrected chi connectivity index (χ2v) is 5.01. The molecule has 0 amide bonds. The first-order valence-corrected chi connectivity index (χ1v) is 6.65. The maximum Gasteiger partial charge on any atom is 0.303 e. The molecule has 0 N–H and O–H groups in total. The fourth-order valence-electron chi connectivity index (χ4n) is 1.91. The average Bonchev–Trinajstić information content (AvgIpc) is 2.18. The zero-order valence-electron chi connectivity index (χ0n) is 8.96. The van der Waals surface area contributed by atoms with E-state index in [4.69, 9.17) is 4.74 Å². The zero-order valence-corrected chi connectivity index (χ0v) is 9.78. The van der Waals surface area contributed by atoms with Crippen molar-refractivity contribution in [2.45, 2.75) is 45.4 Å². The summed E-state index contributed by atoms with van der Waals surface area (Å²) in [5.74, 6) is 2.43. The van der Waals surface area contributed by atoms with Gasteiger partial charge in [0.25, 0.3) is 0 Å². The number of esters is 1. The highest BCUT2D eigenvalue weighted by Gasteiger charge is 2.12. The molecule has 0 saturated heterocycles. The second-order valence-electron chi connectivity index (χ2n) is 3.95. The highest BCUT2D eigenvalue weighted by atomic mass is 32.2. The Balaban J connectivity index is 1.90. The van der Waals surface area contributed by atoms with Gasteiger partial charge in [0.05, 0.1) is 0 Å². The quantitative estimate of drug-likeness (QED) is 0.401. The lowest BCUT2D eigenvalue weighted by Crippen LogP contribution is -2.07. The lowest BCUT2D eigenvalue weighted by Gasteiger charge is -2.20. The minimum Gasteiger partial charge on any atom is -0.455 e. The van der Waals surface area contributed by atoms with Crippen molar-refractivity contribution in [1.82, 2.24) is 0 Å². The van der Waals surface area contributed by atoms with E-state index in [1.54, 1.807) is 11.8 Å². The summed E-state index contributed by atoms with van der Waals surface area (Å²) in [5.41, 5.74) is 0. The van der Waals surface area contributed by atoms with Crippen molar-refractivity contribution < 1.29 is 9.53 Å². The van der Waals surface area contributed by atoms with Crippen LogP contribution in [0.5, 0.6) is 0 Å². The molecule has 2 nitrogen and oxygen atoms in total. The Bertz CT molecular complexity index is 165. The molecule has 1 aliphatic carbocycles. The molecule has 0 atom stereocenters. The largest absolute Gasteiger partial charge is 0.455 e. The van der Waals surface area contributed by atoms with Crippen molar-refractivity contribution in [3.05, 3.63) is 0 Å². The summed E-state index contributed by atoms with van der Waals surface area (Å²) in [6.45, 7) is 1.46. The first-order valence-electron chi connectivity index (χ1n) is 5.50. The first-order chi connectivity index (χ1) is 6.79. The smallest absolute Gasteiger partial charge is 0.303 e. The molecule has 0 heterocycles. The molecule has 0 aliphatic heterocycles. The maximum atomic E-state index is 10.5. The van der Waals surface area contributed by atoms with Crippen LogP contribution in [0, 0.1) is 5.92 Å². The Kier molecular flexibility index (Phi) is 6.08. The fourth-order valence-corrected chi connectivity index (χ4v) is 2.78. The van der Waals surface area contributed by atoms with Gasteiger partial charge >= 0.3 is 5.97 Å². The van der Waals surface area contributed by atoms with Crippen LogP contribution in [0.3, 0.4) is 0 Å². The molecular formula is C11H20O2S. The molecule has 0 aromatic heterocycles. The molecule has 1 saturated carbocycles. The van der Waals surface area contributed by atoms with Crippen LogP contribution in [0.2, 0.25) is 0 Å². The minimum atomic E-state index is -0.171. The van der Waals surface area contributed by atoms with Gasteiger partial charge in [0.1, 0.15) is 5.94 Å². The van der Waals surface area contributed by atoms with Crippen molar-refractivity contribution in [3.63, 3.8) is 0 Å². The van der Waals surface area contributed by atoms with Crippen LogP contribution in [0.1, 0.15) is 45.4 Å². The molecule has 14 heavy (non-hydrogen) atoms. The summed E-state index contributed by atoms with van der Waals surface area (Å²) in [4.78, 5) is 10.5. The van der Waals surface area contributed by atoms with Gasteiger partial charge in [0.2, 0.25) is 0 Å². The van der Waals surface area contributed by atoms with Gasteiger partial charge in [-0.25, -0.2) is 0 Å². The molecule has 0 aromatic rings. The van der Waals surface area contributed by atoms with E-state index in [1.165, 1.54) is 45.4 Å². The van der Waals surface area contributed by atoms with E-state index in [0.717, 1.165) is 11.7 Å². The predicted octanol–water partition coefficient (Wildman–Crippen LogP) is 3.21. The van der Waals surface area contributed by atoms with Gasteiger partial charge in [-0.1, -0.05) is 32.1 Å². The number of thioether (sulfide) groups is 1. The Hall–Kier alpha value is -0.180. The van der Waals surface area contributed by atoms with Crippen molar-refractivity contribution >= 4 is 17.7 Å². The molecule has 1 aliphatic rings. The average molecular weight is 216 g/mol. The Labute approximate surface area is 90.8 Å². The van der Waals surface area contributed by atoms with Gasteiger partial charge in [0, 0.05) is 6.92 Å². The van der Waals surface area contributed by atoms with Crippen molar-refractivity contribution in [2.24, 2.45) is 5.92 Å². The number of hydrogen-bond donors (Lipinski definition) is 0. The number of ether oxygens (including phenoxy) is 1. The molecule has 0 unspecified atom stereocenters. The highest BCUT2D eigenvalue weighted by molar-refractivity contribution is 7.99. The number of carbonyl (C=O) groups excluding carboxylic acids is 1. The van der Waals surface area contributed by atoms with Gasteiger partial charge in [-0.15, -0.1) is 11.8 Å². The third-order valence-corrected chi connectivity index (χ3v) is 3.55. The van der Waals surface area contributed by atoms with Crippen LogP contribution in [-0.2, 0) is 9.53 Å². The van der Waals surface area contributed by atoms with E-state index in [0.29, 0.717) is 5.94 Å². The third-order valence-electron chi connectivity index (χ3n) is 2.74. The summed E-state index contributed by atoms with van der Waals surface area (Å²) in [5, 5.41) is 0. The maximum absolute atomic E-state index is 10.5. The Morgan fingerprint density at radius 2 is 2.07 bits per heavy atom. The molecule has 1 rings (SSSR count). The van der Waals surface area contributed by atoms with Crippen LogP contribution in [0.25, 0.3) is 0 Å². The first kappa shape index (κ1) is 11.9. The molecule has 0 spiro atoms. The zero-order chi connectivity index (χ0) is 10.2. The summed E-state index contributed by atoms with van der Waals surface area (Å²) < 4.78 is 4.86. The molecule has 0 bridgehead atoms. The van der Waals surface area contributed by atoms with Crippen LogP contribution < -0.4 is 0 Å². The SMILES string of the molecule is CC(=O)OCSCCC1CCCCC1. The van der Waals surface area contributed by atoms with E-state index < -0.39 is 0 Å². The molecule has 82 valence electrons. The van der Waals surface area contributed by atoms with Crippen molar-refractivity contribution in [3.8, 4) is 0 Å². The summed E-state index contributed by atoms with van der Waals surface area (Å²) >= 11 is 1.73. The van der Waals surface area contributed by atoms with Crippen LogP contribution in [-0.4, -0.2) is 17.7 Å². The van der Waals surface area contributed by atoms with E-state index in [1.807, 2.05) is 0 Å². The van der Waals surface area contributed by atoms with E-state index in [2.05, 4.69) is 0 Å². The van der Waals surface area contributed by atoms with Gasteiger partial charge in [-0.2, -0.15) is 0 Å². The topological polar surface area (TPSA) is 26.3 Å². The van der Waals surface area contributed by atoms with Gasteiger partial charge in [-0.05, 0) is 18.1 Å². The minimum absolute atomic E-state index is 0.171. The van der Waals surface area contributed by atoms with E-state index in [-0.39, 0.29) is 5.97 Å². The van der Waals surface area contributed by atoms with Gasteiger partial charge < -0.3 is 4.74 Å². The van der Waals surface area contributed by atoms with Crippen molar-refractivity contribution in [1.29, 1.82) is 0 Å². The summed E-state index contributed by atoms with van der Waals surface area (Å²) in [7, 11) is 0. The number of rotatable bonds is 5. The van der Waals surface area contributed by atoms with E-state index in [9.17, 15) is 4.79 Å². The lowest BCUT2D eigenvalue weighted by atomic mass is 9.88. The van der Waals surface area contributed by atoms with Gasteiger partial charge in [-0.3, -0.25) is 4.79 Å². The van der Waals surface area contributed by atoms with Crippen LogP contribution >= 0.6 is 11.8 Å². The van der Waals surface area contributed by atoms with Gasteiger partial charge in [0.15, 0.2) is 0 Å². The highest BCUT2D eigenvalue weighted by Crippen LogP contribution is 2.27. The monoisotopic (exact) mass is 216 g/mol. The van der Waals surface area contributed by atoms with Crippen LogP contribution in [0.4, 0.5) is 0 Å². The molecule has 3 heteroatoms. The predicted molar refractivity (Wildman–Crippen MR) is 60.3 cm³/mol. The summed E-state index contributed by atoms with van der Waals surface area (Å²) in [6, 6.07) is 0. The number of carbonyl (C=O) groups is 1. The molecular weight excluding hydrogens is 196 g/mol. The third kappa shape index (κ3) is 5.53. The van der Waals surface area contributed by atoms with E-state index >= 15 is 0 Å². The van der Waals surface area contributed by atoms with Crippen molar-refractivity contribution in [2.75, 3.05) is 11.7 Å². The Morgan fingerprint density at radius 3 is 2.71 bits per heavy atom. The lowest BCUT2D eigenvalue weighted by molar-refractivity contribution is -0.138. The second kappa shape index (κ2) is 7.16. The summed E-state index contributed by atoms with van der Waals surface area (Å²) in [6.07, 6.45) is 8.38. The molecule has 0 radical (unpaired) electrons. The molecule has 0 aromatic carbocycles. The fraction of sp³-hybridized carbons (Fsp3) is 0.909. The normalized spacial score (nSPS) is 18.1. The number of hydrogen-bond acceptors (Lipinski definition) is 3. The standard InChI is InChI=1S/C11H20O2S/c1-10(12)13-9-14-8-7-11-5-3-2-4-6-11/h11H,2-9H2,1H3. The molecule has 1 fully saturated rings. The van der Waals surface area contributed by atoms with Crippen LogP contribution in [0.15, 0.2) is 0 Å². The Morgan fingerprint density at radius 1 is 1.36 bits per heavy atom.